The molecule has 1 aromatic carbocycles. The number of aromatic nitrogens is 1. The van der Waals surface area contributed by atoms with E-state index in [0.29, 0.717) is 42.3 Å². The third kappa shape index (κ3) is 4.33. The second-order valence-corrected chi connectivity index (χ2v) is 10.1. The summed E-state index contributed by atoms with van der Waals surface area (Å²) in [7, 11) is 3.24. The van der Waals surface area contributed by atoms with Gasteiger partial charge >= 0.3 is 0 Å². The van der Waals surface area contributed by atoms with Crippen LogP contribution in [0.25, 0.3) is 11.1 Å². The maximum absolute atomic E-state index is 13.9. The van der Waals surface area contributed by atoms with Gasteiger partial charge in [-0.15, -0.1) is 0 Å². The summed E-state index contributed by atoms with van der Waals surface area (Å²) in [5.74, 6) is 1.14. The van der Waals surface area contributed by atoms with Crippen LogP contribution in [-0.4, -0.2) is 53.6 Å². The van der Waals surface area contributed by atoms with E-state index in [1.54, 1.807) is 31.4 Å². The second-order valence-electron chi connectivity index (χ2n) is 10.1. The summed E-state index contributed by atoms with van der Waals surface area (Å²) >= 11 is 0. The van der Waals surface area contributed by atoms with Crippen LogP contribution in [-0.2, 0) is 17.8 Å². The van der Waals surface area contributed by atoms with Gasteiger partial charge in [0.05, 0.1) is 32.5 Å². The fourth-order valence-corrected chi connectivity index (χ4v) is 5.68. The standard InChI is InChI=1S/C28H35N3O5/c1-28(27(33)29-20-8-6-4-5-7-9-20)18-30-22-13-15-36-25(22)17-23(30)26(32)31(28)14-12-19-10-11-21(34-2)16-24(19)35-3/h10-11,13,15-17,20H,4-9,12,14,18H2,1-3H3,(H,29,33)/t28-/m1/s1. The third-order valence-electron chi connectivity index (χ3n) is 7.83. The Labute approximate surface area is 211 Å². The number of carbonyl (C=O) groups excluding carboxylic acids is 2. The van der Waals surface area contributed by atoms with E-state index in [0.717, 1.165) is 36.8 Å². The summed E-state index contributed by atoms with van der Waals surface area (Å²) in [5, 5.41) is 3.31. The molecule has 36 heavy (non-hydrogen) atoms. The van der Waals surface area contributed by atoms with Gasteiger partial charge in [0.25, 0.3) is 5.91 Å². The van der Waals surface area contributed by atoms with Gasteiger partial charge in [0.1, 0.15) is 22.7 Å². The normalized spacial score (nSPS) is 20.8. The molecule has 8 heteroatoms. The summed E-state index contributed by atoms with van der Waals surface area (Å²) < 4.78 is 18.4. The van der Waals surface area contributed by atoms with Crippen LogP contribution >= 0.6 is 0 Å². The Balaban J connectivity index is 1.46. The molecule has 0 spiro atoms. The summed E-state index contributed by atoms with van der Waals surface area (Å²) in [6, 6.07) is 9.45. The van der Waals surface area contributed by atoms with Gasteiger partial charge in [0.2, 0.25) is 5.91 Å². The van der Waals surface area contributed by atoms with Crippen LogP contribution in [0, 0.1) is 0 Å². The summed E-state index contributed by atoms with van der Waals surface area (Å²) in [6.45, 7) is 2.63. The Kier molecular flexibility index (Phi) is 6.69. The van der Waals surface area contributed by atoms with E-state index >= 15 is 0 Å². The lowest BCUT2D eigenvalue weighted by molar-refractivity contribution is -0.133. The van der Waals surface area contributed by atoms with Gasteiger partial charge < -0.3 is 28.7 Å². The molecule has 1 atom stereocenters. The van der Waals surface area contributed by atoms with Crippen LogP contribution in [0.1, 0.15) is 61.5 Å². The lowest BCUT2D eigenvalue weighted by Gasteiger charge is -2.44. The summed E-state index contributed by atoms with van der Waals surface area (Å²) in [5.41, 5.74) is 1.95. The molecule has 0 saturated heterocycles. The molecule has 3 aromatic rings. The fourth-order valence-electron chi connectivity index (χ4n) is 5.68. The summed E-state index contributed by atoms with van der Waals surface area (Å²) in [4.78, 5) is 29.5. The second kappa shape index (κ2) is 9.91. The number of carbonyl (C=O) groups is 2. The molecular weight excluding hydrogens is 458 g/mol. The molecule has 0 bridgehead atoms. The van der Waals surface area contributed by atoms with Crippen LogP contribution in [0.2, 0.25) is 0 Å². The molecule has 0 unspecified atom stereocenters. The smallest absolute Gasteiger partial charge is 0.271 e. The van der Waals surface area contributed by atoms with Crippen molar-refractivity contribution in [1.29, 1.82) is 0 Å². The van der Waals surface area contributed by atoms with Crippen LogP contribution in [0.3, 0.4) is 0 Å². The Morgan fingerprint density at radius 3 is 2.61 bits per heavy atom. The third-order valence-corrected chi connectivity index (χ3v) is 7.83. The molecule has 192 valence electrons. The van der Waals surface area contributed by atoms with Gasteiger partial charge in [0.15, 0.2) is 5.58 Å². The van der Waals surface area contributed by atoms with E-state index in [9.17, 15) is 9.59 Å². The van der Waals surface area contributed by atoms with Crippen molar-refractivity contribution in [2.24, 2.45) is 0 Å². The van der Waals surface area contributed by atoms with E-state index in [1.807, 2.05) is 35.8 Å². The molecule has 1 N–H and O–H groups in total. The van der Waals surface area contributed by atoms with Crippen LogP contribution in [0.5, 0.6) is 11.5 Å². The zero-order valence-corrected chi connectivity index (χ0v) is 21.3. The number of amides is 2. The zero-order chi connectivity index (χ0) is 25.3. The van der Waals surface area contributed by atoms with E-state index < -0.39 is 5.54 Å². The van der Waals surface area contributed by atoms with Crippen LogP contribution < -0.4 is 14.8 Å². The Morgan fingerprint density at radius 2 is 1.89 bits per heavy atom. The first-order chi connectivity index (χ1) is 17.4. The Morgan fingerprint density at radius 1 is 1.11 bits per heavy atom. The molecule has 1 aliphatic carbocycles. The first-order valence-electron chi connectivity index (χ1n) is 12.8. The molecule has 2 aromatic heterocycles. The minimum Gasteiger partial charge on any atom is -0.497 e. The van der Waals surface area contributed by atoms with Crippen molar-refractivity contribution in [3.05, 3.63) is 47.9 Å². The van der Waals surface area contributed by atoms with E-state index in [2.05, 4.69) is 5.32 Å². The Hall–Kier alpha value is -3.42. The highest BCUT2D eigenvalue weighted by Gasteiger charge is 2.48. The number of furan rings is 1. The molecule has 2 amide bonds. The lowest BCUT2D eigenvalue weighted by atomic mass is 9.93. The van der Waals surface area contributed by atoms with E-state index in [4.69, 9.17) is 13.9 Å². The number of methoxy groups -OCH3 is 2. The first-order valence-corrected chi connectivity index (χ1v) is 12.8. The van der Waals surface area contributed by atoms with Crippen molar-refractivity contribution in [3.8, 4) is 11.5 Å². The van der Waals surface area contributed by atoms with Gasteiger partial charge in [-0.2, -0.15) is 0 Å². The molecule has 1 fully saturated rings. The summed E-state index contributed by atoms with van der Waals surface area (Å²) in [6.07, 6.45) is 8.80. The number of nitrogens with one attached hydrogen (secondary N) is 1. The van der Waals surface area contributed by atoms with Crippen molar-refractivity contribution < 1.29 is 23.5 Å². The maximum Gasteiger partial charge on any atom is 0.271 e. The fraction of sp³-hybridized carbons (Fsp3) is 0.500. The maximum atomic E-state index is 13.9. The van der Waals surface area contributed by atoms with Crippen molar-refractivity contribution in [2.75, 3.05) is 20.8 Å². The number of benzene rings is 1. The predicted molar refractivity (Wildman–Crippen MR) is 137 cm³/mol. The lowest BCUT2D eigenvalue weighted by Crippen LogP contribution is -2.65. The number of fused-ring (bicyclic) bond motifs is 3. The Bertz CT molecular complexity index is 1250. The quantitative estimate of drug-likeness (QED) is 0.488. The SMILES string of the molecule is COc1ccc(CCN2C(=O)c3cc4occc4n3C[C@]2(C)C(=O)NC2CCCCCC2)c(OC)c1. The van der Waals surface area contributed by atoms with Gasteiger partial charge in [-0.25, -0.2) is 0 Å². The monoisotopic (exact) mass is 493 g/mol. The number of hydrogen-bond donors (Lipinski definition) is 1. The van der Waals surface area contributed by atoms with E-state index in [-0.39, 0.29) is 17.9 Å². The molecule has 1 saturated carbocycles. The molecule has 1 aliphatic heterocycles. The predicted octanol–water partition coefficient (Wildman–Crippen LogP) is 4.55. The van der Waals surface area contributed by atoms with Gasteiger partial charge in [-0.3, -0.25) is 9.59 Å². The molecule has 5 rings (SSSR count). The van der Waals surface area contributed by atoms with Crippen molar-refractivity contribution in [2.45, 2.75) is 70.0 Å². The van der Waals surface area contributed by atoms with Crippen molar-refractivity contribution in [1.82, 2.24) is 14.8 Å². The minimum atomic E-state index is -1.04. The molecule has 0 radical (unpaired) electrons. The zero-order valence-electron chi connectivity index (χ0n) is 21.3. The number of rotatable bonds is 7. The number of ether oxygens (including phenoxy) is 2. The highest BCUT2D eigenvalue weighted by atomic mass is 16.5. The topological polar surface area (TPSA) is 85.9 Å². The van der Waals surface area contributed by atoms with Crippen molar-refractivity contribution >= 4 is 22.9 Å². The number of nitrogens with zero attached hydrogens (tertiary/aromatic N) is 2. The largest absolute Gasteiger partial charge is 0.497 e. The van der Waals surface area contributed by atoms with Crippen LogP contribution in [0.4, 0.5) is 0 Å². The van der Waals surface area contributed by atoms with Crippen molar-refractivity contribution in [3.63, 3.8) is 0 Å². The van der Waals surface area contributed by atoms with Crippen LogP contribution in [0.15, 0.2) is 41.0 Å². The minimum absolute atomic E-state index is 0.0968. The van der Waals surface area contributed by atoms with Gasteiger partial charge in [-0.1, -0.05) is 31.7 Å². The molecule has 3 heterocycles. The first kappa shape index (κ1) is 24.3. The average molecular weight is 494 g/mol. The molecule has 8 nitrogen and oxygen atoms in total. The van der Waals surface area contributed by atoms with Gasteiger partial charge in [-0.05, 0) is 37.8 Å². The van der Waals surface area contributed by atoms with Gasteiger partial charge in [0, 0.05) is 30.8 Å². The highest BCUT2D eigenvalue weighted by molar-refractivity contribution is 6.03. The van der Waals surface area contributed by atoms with E-state index in [1.165, 1.54) is 12.8 Å². The molecular formula is C28H35N3O5. The average Bonchev–Trinajstić information content (AvgIpc) is 3.38. The molecule has 2 aliphatic rings. The highest BCUT2D eigenvalue weighted by Crippen LogP contribution is 2.34. The number of hydrogen-bond acceptors (Lipinski definition) is 5.